The third kappa shape index (κ3) is 5.04. The Balaban J connectivity index is 1.81. The van der Waals surface area contributed by atoms with Crippen molar-refractivity contribution in [2.45, 2.75) is 31.2 Å². The summed E-state index contributed by atoms with van der Waals surface area (Å²) >= 11 is 0. The molecule has 174 valence electrons. The van der Waals surface area contributed by atoms with Gasteiger partial charge in [0.25, 0.3) is 0 Å². The molecular weight excluding hydrogens is 448 g/mol. The van der Waals surface area contributed by atoms with Gasteiger partial charge in [-0.3, -0.25) is 4.79 Å². The lowest BCUT2D eigenvalue weighted by molar-refractivity contribution is -0.137. The Morgan fingerprint density at radius 2 is 1.53 bits per heavy atom. The summed E-state index contributed by atoms with van der Waals surface area (Å²) in [7, 11) is 0. The molecule has 4 rings (SSSR count). The van der Waals surface area contributed by atoms with Crippen molar-refractivity contribution in [1.29, 1.82) is 5.26 Å². The molecule has 34 heavy (non-hydrogen) atoms. The summed E-state index contributed by atoms with van der Waals surface area (Å²) < 4.78 is 59.4. The SMILES string of the molecule is N#Cc1ccc(OC(c2ccc(C(F)(F)F)cc2)[C@H](c2ccc(F)cc2)N2CCCC2=O)cc1. The second-order valence-electron chi connectivity index (χ2n) is 7.98. The largest absolute Gasteiger partial charge is 0.483 e. The van der Waals surface area contributed by atoms with Crippen LogP contribution in [-0.4, -0.2) is 17.4 Å². The number of benzene rings is 3. The van der Waals surface area contributed by atoms with Crippen molar-refractivity contribution in [2.75, 3.05) is 6.54 Å². The zero-order valence-electron chi connectivity index (χ0n) is 17.9. The highest BCUT2D eigenvalue weighted by Crippen LogP contribution is 2.41. The number of hydrogen-bond acceptors (Lipinski definition) is 3. The topological polar surface area (TPSA) is 53.3 Å². The van der Waals surface area contributed by atoms with Crippen LogP contribution in [0.2, 0.25) is 0 Å². The Morgan fingerprint density at radius 3 is 2.06 bits per heavy atom. The second-order valence-corrected chi connectivity index (χ2v) is 7.98. The number of likely N-dealkylation sites (tertiary alicyclic amines) is 1. The van der Waals surface area contributed by atoms with Crippen molar-refractivity contribution in [3.63, 3.8) is 0 Å². The Kier molecular flexibility index (Phi) is 6.55. The molecule has 1 amide bonds. The lowest BCUT2D eigenvalue weighted by Gasteiger charge is -2.35. The summed E-state index contributed by atoms with van der Waals surface area (Å²) in [5.41, 5.74) is 0.633. The number of nitrogens with zero attached hydrogens (tertiary/aromatic N) is 2. The lowest BCUT2D eigenvalue weighted by atomic mass is 9.93. The van der Waals surface area contributed by atoms with Gasteiger partial charge in [0, 0.05) is 13.0 Å². The summed E-state index contributed by atoms with van der Waals surface area (Å²) in [5, 5.41) is 9.05. The van der Waals surface area contributed by atoms with Crippen molar-refractivity contribution in [1.82, 2.24) is 4.90 Å². The van der Waals surface area contributed by atoms with E-state index in [1.54, 1.807) is 41.3 Å². The lowest BCUT2D eigenvalue weighted by Crippen LogP contribution is -2.36. The van der Waals surface area contributed by atoms with Gasteiger partial charge in [0.2, 0.25) is 5.91 Å². The zero-order chi connectivity index (χ0) is 24.3. The van der Waals surface area contributed by atoms with Crippen molar-refractivity contribution < 1.29 is 27.1 Å². The minimum Gasteiger partial charge on any atom is -0.483 e. The summed E-state index contributed by atoms with van der Waals surface area (Å²) in [6.45, 7) is 0.439. The van der Waals surface area contributed by atoms with E-state index in [2.05, 4.69) is 0 Å². The van der Waals surface area contributed by atoms with Gasteiger partial charge in [-0.25, -0.2) is 4.39 Å². The monoisotopic (exact) mass is 468 g/mol. The van der Waals surface area contributed by atoms with Crippen LogP contribution in [0.3, 0.4) is 0 Å². The number of carbonyl (C=O) groups excluding carboxylic acids is 1. The van der Waals surface area contributed by atoms with E-state index in [9.17, 15) is 22.4 Å². The van der Waals surface area contributed by atoms with Crippen LogP contribution in [0.4, 0.5) is 17.6 Å². The fourth-order valence-corrected chi connectivity index (χ4v) is 4.07. The first kappa shape index (κ1) is 23.3. The summed E-state index contributed by atoms with van der Waals surface area (Å²) in [4.78, 5) is 14.3. The van der Waals surface area contributed by atoms with Crippen LogP contribution in [-0.2, 0) is 11.0 Å². The van der Waals surface area contributed by atoms with E-state index < -0.39 is 29.7 Å². The van der Waals surface area contributed by atoms with Gasteiger partial charge in [0.1, 0.15) is 17.7 Å². The molecule has 1 unspecified atom stereocenters. The fraction of sp³-hybridized carbons (Fsp3) is 0.231. The molecule has 2 atom stereocenters. The highest BCUT2D eigenvalue weighted by molar-refractivity contribution is 5.78. The highest BCUT2D eigenvalue weighted by Gasteiger charge is 2.38. The molecule has 1 aliphatic rings. The smallest absolute Gasteiger partial charge is 0.416 e. The molecule has 0 aliphatic carbocycles. The molecule has 0 saturated carbocycles. The van der Waals surface area contributed by atoms with Gasteiger partial charge in [0.05, 0.1) is 23.2 Å². The molecule has 0 N–H and O–H groups in total. The van der Waals surface area contributed by atoms with Crippen molar-refractivity contribution in [3.8, 4) is 11.8 Å². The van der Waals surface area contributed by atoms with E-state index in [-0.39, 0.29) is 5.91 Å². The number of halogens is 4. The molecule has 1 aliphatic heterocycles. The Morgan fingerprint density at radius 1 is 0.912 bits per heavy atom. The first-order valence-corrected chi connectivity index (χ1v) is 10.6. The molecule has 3 aromatic rings. The predicted octanol–water partition coefficient (Wildman–Crippen LogP) is 6.20. The van der Waals surface area contributed by atoms with Crippen LogP contribution in [0.1, 0.15) is 47.2 Å². The summed E-state index contributed by atoms with van der Waals surface area (Å²) in [5.74, 6) is -0.188. The average Bonchev–Trinajstić information content (AvgIpc) is 3.25. The molecule has 8 heteroatoms. The van der Waals surface area contributed by atoms with Gasteiger partial charge in [0.15, 0.2) is 0 Å². The minimum absolute atomic E-state index is 0.116. The molecule has 0 radical (unpaired) electrons. The Hall–Kier alpha value is -3.86. The van der Waals surface area contributed by atoms with E-state index in [4.69, 9.17) is 10.00 Å². The van der Waals surface area contributed by atoms with Crippen LogP contribution in [0.5, 0.6) is 5.75 Å². The van der Waals surface area contributed by atoms with E-state index in [0.717, 1.165) is 12.1 Å². The maximum atomic E-state index is 13.7. The van der Waals surface area contributed by atoms with Crippen LogP contribution in [0.15, 0.2) is 72.8 Å². The standard InChI is InChI=1S/C26H20F4N2O2/c27-21-11-7-18(8-12-21)24(32-15-1-2-23(32)33)25(34-22-13-3-17(16-31)4-14-22)19-5-9-20(10-6-19)26(28,29)30/h3-14,24-25H,1-2,15H2/t24-,25?/m0/s1. The maximum absolute atomic E-state index is 13.7. The molecule has 1 fully saturated rings. The third-order valence-electron chi connectivity index (χ3n) is 5.76. The minimum atomic E-state index is -4.50. The molecular formula is C26H20F4N2O2. The Labute approximate surface area is 194 Å². The molecule has 0 aromatic heterocycles. The molecule has 0 bridgehead atoms. The van der Waals surface area contributed by atoms with Crippen molar-refractivity contribution in [2.24, 2.45) is 0 Å². The summed E-state index contributed by atoms with van der Waals surface area (Å²) in [6.07, 6.45) is -4.41. The Bertz CT molecular complexity index is 1180. The first-order valence-electron chi connectivity index (χ1n) is 10.6. The number of amides is 1. The predicted molar refractivity (Wildman–Crippen MR) is 116 cm³/mol. The quantitative estimate of drug-likeness (QED) is 0.405. The molecule has 1 heterocycles. The van der Waals surface area contributed by atoms with Gasteiger partial charge >= 0.3 is 6.18 Å². The van der Waals surface area contributed by atoms with E-state index in [1.807, 2.05) is 6.07 Å². The molecule has 1 saturated heterocycles. The second kappa shape index (κ2) is 9.56. The summed E-state index contributed by atoms with van der Waals surface area (Å²) in [6, 6.07) is 17.8. The van der Waals surface area contributed by atoms with E-state index in [1.165, 1.54) is 24.3 Å². The van der Waals surface area contributed by atoms with E-state index in [0.29, 0.717) is 41.8 Å². The number of nitriles is 1. The number of hydrogen-bond donors (Lipinski definition) is 0. The van der Waals surface area contributed by atoms with Crippen LogP contribution >= 0.6 is 0 Å². The zero-order valence-corrected chi connectivity index (χ0v) is 17.9. The number of carbonyl (C=O) groups is 1. The molecule has 3 aromatic carbocycles. The van der Waals surface area contributed by atoms with Crippen molar-refractivity contribution >= 4 is 5.91 Å². The fourth-order valence-electron chi connectivity index (χ4n) is 4.07. The van der Waals surface area contributed by atoms with Gasteiger partial charge in [-0.15, -0.1) is 0 Å². The van der Waals surface area contributed by atoms with Gasteiger partial charge in [-0.05, 0) is 66.1 Å². The normalized spacial score (nSPS) is 15.6. The molecule has 0 spiro atoms. The van der Waals surface area contributed by atoms with Crippen LogP contribution in [0, 0.1) is 17.1 Å². The van der Waals surface area contributed by atoms with E-state index >= 15 is 0 Å². The maximum Gasteiger partial charge on any atom is 0.416 e. The van der Waals surface area contributed by atoms with Crippen molar-refractivity contribution in [3.05, 3.63) is 101 Å². The van der Waals surface area contributed by atoms with Crippen LogP contribution < -0.4 is 4.74 Å². The van der Waals surface area contributed by atoms with Crippen LogP contribution in [0.25, 0.3) is 0 Å². The number of rotatable bonds is 6. The van der Waals surface area contributed by atoms with Gasteiger partial charge in [-0.1, -0.05) is 24.3 Å². The first-order chi connectivity index (χ1) is 16.3. The third-order valence-corrected chi connectivity index (χ3v) is 5.76. The van der Waals surface area contributed by atoms with Gasteiger partial charge < -0.3 is 9.64 Å². The molecule has 4 nitrogen and oxygen atoms in total. The number of ether oxygens (including phenoxy) is 1. The highest BCUT2D eigenvalue weighted by atomic mass is 19.4. The van der Waals surface area contributed by atoms with Gasteiger partial charge in [-0.2, -0.15) is 18.4 Å². The number of alkyl halides is 3. The average molecular weight is 468 g/mol.